The maximum Gasteiger partial charge on any atom is 0.250 e. The van der Waals surface area contributed by atoms with Crippen LogP contribution in [-0.4, -0.2) is 35.2 Å². The van der Waals surface area contributed by atoms with E-state index in [1.54, 1.807) is 6.07 Å². The van der Waals surface area contributed by atoms with Crippen LogP contribution in [0.2, 0.25) is 0 Å². The highest BCUT2D eigenvalue weighted by atomic mass is 79.9. The van der Waals surface area contributed by atoms with Crippen LogP contribution in [0.3, 0.4) is 0 Å². The molecule has 3 fully saturated rings. The predicted molar refractivity (Wildman–Crippen MR) is 119 cm³/mol. The zero-order valence-electron chi connectivity index (χ0n) is 17.1. The third-order valence-electron chi connectivity index (χ3n) is 7.56. The quantitative estimate of drug-likeness (QED) is 0.669. The monoisotopic (exact) mass is 479 g/mol. The van der Waals surface area contributed by atoms with E-state index in [9.17, 15) is 14.4 Å². The van der Waals surface area contributed by atoms with Crippen LogP contribution < -0.4 is 10.2 Å². The second-order valence-corrected chi connectivity index (χ2v) is 9.68. The molecule has 0 aromatic heterocycles. The van der Waals surface area contributed by atoms with Crippen LogP contribution in [0.5, 0.6) is 0 Å². The number of nitrogens with one attached hydrogen (secondary N) is 1. The zero-order valence-corrected chi connectivity index (χ0v) is 18.7. The van der Waals surface area contributed by atoms with Gasteiger partial charge in [-0.1, -0.05) is 31.2 Å². The first-order chi connectivity index (χ1) is 15.0. The van der Waals surface area contributed by atoms with Crippen molar-refractivity contribution in [3.8, 4) is 0 Å². The van der Waals surface area contributed by atoms with Gasteiger partial charge >= 0.3 is 0 Å². The topological polar surface area (TPSA) is 69.7 Å². The van der Waals surface area contributed by atoms with Crippen molar-refractivity contribution in [1.29, 1.82) is 0 Å². The van der Waals surface area contributed by atoms with Crippen LogP contribution in [0.25, 0.3) is 0 Å². The highest BCUT2D eigenvalue weighted by Crippen LogP contribution is 2.61. The number of benzene rings is 2. The predicted octanol–water partition coefficient (Wildman–Crippen LogP) is 3.44. The Kier molecular flexibility index (Phi) is 4.02. The molecule has 6 nitrogen and oxygen atoms in total. The summed E-state index contributed by atoms with van der Waals surface area (Å²) in [6.07, 6.45) is 2.58. The number of hydrogen-bond acceptors (Lipinski definition) is 4. The Hall–Kier alpha value is -2.51. The van der Waals surface area contributed by atoms with Gasteiger partial charge in [-0.2, -0.15) is 0 Å². The molecule has 3 amide bonds. The number of carbonyl (C=O) groups excluding carboxylic acids is 3. The van der Waals surface area contributed by atoms with E-state index in [-0.39, 0.29) is 23.8 Å². The van der Waals surface area contributed by atoms with Gasteiger partial charge in [-0.25, -0.2) is 4.90 Å². The number of imide groups is 1. The van der Waals surface area contributed by atoms with Gasteiger partial charge < -0.3 is 5.32 Å². The van der Waals surface area contributed by atoms with Crippen molar-refractivity contribution in [3.05, 3.63) is 58.1 Å². The number of nitrogens with zero attached hydrogens (tertiary/aromatic N) is 2. The lowest BCUT2D eigenvalue weighted by molar-refractivity contribution is -0.135. The van der Waals surface area contributed by atoms with Crippen molar-refractivity contribution in [2.75, 3.05) is 16.8 Å². The van der Waals surface area contributed by atoms with Gasteiger partial charge in [0.1, 0.15) is 5.54 Å². The number of hydrogen-bond donors (Lipinski definition) is 1. The third-order valence-corrected chi connectivity index (χ3v) is 8.23. The van der Waals surface area contributed by atoms with Crippen LogP contribution in [-0.2, 0) is 26.3 Å². The molecule has 31 heavy (non-hydrogen) atoms. The van der Waals surface area contributed by atoms with Gasteiger partial charge in [-0.3, -0.25) is 19.3 Å². The molecule has 1 N–H and O–H groups in total. The minimum absolute atomic E-state index is 0.101. The molecular formula is C24H22BrN3O3. The Bertz CT molecular complexity index is 1160. The summed E-state index contributed by atoms with van der Waals surface area (Å²) in [5.74, 6) is -1.87. The largest absolute Gasteiger partial charge is 0.324 e. The van der Waals surface area contributed by atoms with E-state index in [0.717, 1.165) is 42.6 Å². The number of amides is 3. The van der Waals surface area contributed by atoms with Gasteiger partial charge in [0, 0.05) is 21.8 Å². The van der Waals surface area contributed by atoms with Crippen molar-refractivity contribution < 1.29 is 14.4 Å². The lowest BCUT2D eigenvalue weighted by atomic mass is 9.75. The standard InChI is InChI=1S/C24H22BrN3O3/c1-2-13-9-10-16-14(12-13)24(23(31)26-16)20-19(18-8-5-11-27(18)24)21(29)28(22(20)30)17-7-4-3-6-15(17)25/h3-4,6-7,9-10,12,18-20H,2,5,8,11H2,1H3,(H,26,31)/t18-,19+,20-,24+/m0/s1. The number of aryl methyl sites for hydroxylation is 1. The van der Waals surface area contributed by atoms with Gasteiger partial charge in [-0.15, -0.1) is 0 Å². The molecule has 1 spiro atoms. The Morgan fingerprint density at radius 1 is 1.13 bits per heavy atom. The molecule has 0 unspecified atom stereocenters. The van der Waals surface area contributed by atoms with Crippen LogP contribution in [0.1, 0.15) is 30.9 Å². The fraction of sp³-hybridized carbons (Fsp3) is 0.375. The number of carbonyl (C=O) groups is 3. The minimum atomic E-state index is -1.12. The smallest absolute Gasteiger partial charge is 0.250 e. The minimum Gasteiger partial charge on any atom is -0.324 e. The number of fused-ring (bicyclic) bond motifs is 7. The molecule has 4 heterocycles. The van der Waals surface area contributed by atoms with Crippen LogP contribution in [0, 0.1) is 11.8 Å². The molecule has 2 aromatic rings. The molecule has 0 saturated carbocycles. The normalized spacial score (nSPS) is 31.4. The molecule has 0 bridgehead atoms. The Morgan fingerprint density at radius 2 is 1.94 bits per heavy atom. The maximum atomic E-state index is 13.9. The van der Waals surface area contributed by atoms with E-state index in [0.29, 0.717) is 10.2 Å². The summed E-state index contributed by atoms with van der Waals surface area (Å²) in [5.41, 5.74) is 2.16. The number of rotatable bonds is 2. The summed E-state index contributed by atoms with van der Waals surface area (Å²) in [7, 11) is 0. The Balaban J connectivity index is 1.57. The van der Waals surface area contributed by atoms with E-state index in [4.69, 9.17) is 0 Å². The van der Waals surface area contributed by atoms with E-state index in [1.807, 2.05) is 30.3 Å². The van der Waals surface area contributed by atoms with E-state index in [2.05, 4.69) is 39.1 Å². The van der Waals surface area contributed by atoms with Crippen molar-refractivity contribution >= 4 is 45.0 Å². The highest BCUT2D eigenvalue weighted by molar-refractivity contribution is 9.10. The molecule has 3 saturated heterocycles. The molecule has 0 radical (unpaired) electrons. The first-order valence-corrected chi connectivity index (χ1v) is 11.6. The first kappa shape index (κ1) is 19.2. The summed E-state index contributed by atoms with van der Waals surface area (Å²) < 4.78 is 0.693. The average Bonchev–Trinajstić information content (AvgIpc) is 3.47. The van der Waals surface area contributed by atoms with Gasteiger partial charge in [0.25, 0.3) is 0 Å². The van der Waals surface area contributed by atoms with Crippen molar-refractivity contribution in [2.45, 2.75) is 37.8 Å². The summed E-state index contributed by atoms with van der Waals surface area (Å²) in [6, 6.07) is 13.2. The zero-order chi connectivity index (χ0) is 21.5. The first-order valence-electron chi connectivity index (χ1n) is 10.8. The molecular weight excluding hydrogens is 458 g/mol. The fourth-order valence-electron chi connectivity index (χ4n) is 6.34. The number of para-hydroxylation sites is 1. The molecule has 0 aliphatic carbocycles. The molecule has 6 rings (SSSR count). The van der Waals surface area contributed by atoms with Gasteiger partial charge in [-0.05, 0) is 65.5 Å². The Morgan fingerprint density at radius 3 is 2.71 bits per heavy atom. The summed E-state index contributed by atoms with van der Waals surface area (Å²) in [5, 5.41) is 3.04. The molecule has 158 valence electrons. The van der Waals surface area contributed by atoms with E-state index in [1.165, 1.54) is 4.90 Å². The maximum absolute atomic E-state index is 13.9. The third kappa shape index (κ3) is 2.23. The van der Waals surface area contributed by atoms with Crippen molar-refractivity contribution in [2.24, 2.45) is 11.8 Å². The SMILES string of the molecule is CCc1ccc2c(c1)[C@]1(C(=O)N2)[C@@H]2C(=O)N(c3ccccc3Br)C(=O)[C@@H]2[C@@H]2CCCN21. The van der Waals surface area contributed by atoms with Crippen LogP contribution >= 0.6 is 15.9 Å². The lowest BCUT2D eigenvalue weighted by Gasteiger charge is -2.36. The number of halogens is 1. The van der Waals surface area contributed by atoms with Crippen LogP contribution in [0.15, 0.2) is 46.9 Å². The molecule has 7 heteroatoms. The highest BCUT2D eigenvalue weighted by Gasteiger charge is 2.74. The van der Waals surface area contributed by atoms with Gasteiger partial charge in [0.2, 0.25) is 17.7 Å². The van der Waals surface area contributed by atoms with Crippen LogP contribution in [0.4, 0.5) is 11.4 Å². The lowest BCUT2D eigenvalue weighted by Crippen LogP contribution is -2.54. The summed E-state index contributed by atoms with van der Waals surface area (Å²) in [4.78, 5) is 44.8. The molecule has 4 aliphatic rings. The molecule has 4 atom stereocenters. The summed E-state index contributed by atoms with van der Waals surface area (Å²) in [6.45, 7) is 2.80. The van der Waals surface area contributed by atoms with E-state index >= 15 is 0 Å². The van der Waals surface area contributed by atoms with Gasteiger partial charge in [0.05, 0.1) is 17.5 Å². The van der Waals surface area contributed by atoms with E-state index < -0.39 is 17.4 Å². The fourth-order valence-corrected chi connectivity index (χ4v) is 6.80. The van der Waals surface area contributed by atoms with Gasteiger partial charge in [0.15, 0.2) is 0 Å². The second-order valence-electron chi connectivity index (χ2n) is 8.82. The number of anilines is 2. The average molecular weight is 480 g/mol. The van der Waals surface area contributed by atoms with Crippen molar-refractivity contribution in [1.82, 2.24) is 4.90 Å². The molecule has 4 aliphatic heterocycles. The molecule has 2 aromatic carbocycles. The summed E-state index contributed by atoms with van der Waals surface area (Å²) >= 11 is 3.49. The van der Waals surface area contributed by atoms with Crippen molar-refractivity contribution in [3.63, 3.8) is 0 Å². The second kappa shape index (κ2) is 6.50. The Labute approximate surface area is 188 Å².